The minimum absolute atomic E-state index is 0. The summed E-state index contributed by atoms with van der Waals surface area (Å²) >= 11 is 0. The largest absolute Gasteiger partial charge is 0.324 e. The summed E-state index contributed by atoms with van der Waals surface area (Å²) in [6.07, 6.45) is 4.95. The van der Waals surface area contributed by atoms with Crippen LogP contribution >= 0.6 is 0 Å². The smallest absolute Gasteiger partial charge is 0.324 e. The van der Waals surface area contributed by atoms with E-state index >= 15 is 0 Å². The molecule has 1 aromatic heterocycles. The van der Waals surface area contributed by atoms with Crippen molar-refractivity contribution < 1.29 is 22.0 Å². The molecule has 0 unspecified atom stereocenters. The monoisotopic (exact) mass is 810 g/mol. The van der Waals surface area contributed by atoms with Gasteiger partial charge in [0.05, 0.1) is 6.26 Å². The zero-order valence-electron chi connectivity index (χ0n) is 16.0. The van der Waals surface area contributed by atoms with Gasteiger partial charge in [-0.2, -0.15) is 0 Å². The first-order valence-electron chi connectivity index (χ1n) is 8.91. The fourth-order valence-corrected chi connectivity index (χ4v) is 4.05. The highest BCUT2D eigenvalue weighted by Crippen LogP contribution is 2.21. The summed E-state index contributed by atoms with van der Waals surface area (Å²) in [5.74, 6) is -1.36. The predicted molar refractivity (Wildman–Crippen MR) is 265 cm³/mol. The number of sulfonamides is 1. The first kappa shape index (κ1) is 153. The van der Waals surface area contributed by atoms with Crippen molar-refractivity contribution in [2.45, 2.75) is 197 Å². The van der Waals surface area contributed by atoms with Gasteiger partial charge in [0.25, 0.3) is 0 Å². The van der Waals surface area contributed by atoms with Gasteiger partial charge in [-0.15, -0.1) is 0 Å². The van der Waals surface area contributed by atoms with Crippen LogP contribution in [0.1, 0.15) is 191 Å². The van der Waals surface area contributed by atoms with Crippen LogP contribution in [0.4, 0.5) is 19.5 Å². The van der Waals surface area contributed by atoms with E-state index in [-0.39, 0.29) is 196 Å². The molecule has 53 heavy (non-hydrogen) atoms. The lowest BCUT2D eigenvalue weighted by Gasteiger charge is -2.35. The maximum absolute atomic E-state index is 13.3. The Kier molecular flexibility index (Phi) is 185. The first-order valence-corrected chi connectivity index (χ1v) is 10.8. The number of hydrogen-bond acceptors (Lipinski definition) is 5. The third kappa shape index (κ3) is 42.0. The van der Waals surface area contributed by atoms with E-state index in [1.54, 1.807) is 7.05 Å². The van der Waals surface area contributed by atoms with Gasteiger partial charge in [-0.3, -0.25) is 5.32 Å². The second kappa shape index (κ2) is 64.3. The van der Waals surface area contributed by atoms with Gasteiger partial charge in [-0.05, 0) is 30.5 Å². The van der Waals surface area contributed by atoms with Crippen LogP contribution < -0.4 is 5.32 Å². The molecule has 0 atom stereocenters. The standard InChI is InChI=1S/C18H21F2N5O3S.24CH4/c1-24(16-3-5-25(6-4-16)29(2,27)28)18(26)23-17-21-10-13(11-22-17)12-7-14(19)9-15(20)8-12;;;;;;;;;;;;;;;;;;;;;;;;/h7-11,16H,3-6H2,1-2H3,(H,21,22,23,26);24*1H4. The molecule has 2 heterocycles. The van der Waals surface area contributed by atoms with Crippen LogP contribution in [0.15, 0.2) is 30.6 Å². The van der Waals surface area contributed by atoms with Crippen molar-refractivity contribution in [1.29, 1.82) is 0 Å². The van der Waals surface area contributed by atoms with Crippen LogP contribution in [0.5, 0.6) is 0 Å². The Morgan fingerprint density at radius 2 is 0.925 bits per heavy atom. The summed E-state index contributed by atoms with van der Waals surface area (Å²) < 4.78 is 51.2. The molecule has 8 nitrogen and oxygen atoms in total. The molecule has 1 N–H and O–H groups in total. The van der Waals surface area contributed by atoms with E-state index in [2.05, 4.69) is 15.3 Å². The zero-order valence-corrected chi connectivity index (χ0v) is 16.8. The number of carbonyl (C=O) groups is 1. The normalized spacial score (nSPS) is 8.68. The van der Waals surface area contributed by atoms with Gasteiger partial charge in [-0.1, -0.05) is 178 Å². The lowest BCUT2D eigenvalue weighted by atomic mass is 10.1. The van der Waals surface area contributed by atoms with Crippen LogP contribution in [0.25, 0.3) is 11.1 Å². The number of piperidine rings is 1. The molecule has 0 saturated carbocycles. The molecule has 1 fully saturated rings. The molecule has 1 aliphatic heterocycles. The molecule has 0 spiro atoms. The Morgan fingerprint density at radius 1 is 0.623 bits per heavy atom. The van der Waals surface area contributed by atoms with E-state index in [0.29, 0.717) is 31.5 Å². The van der Waals surface area contributed by atoms with Gasteiger partial charge in [-0.25, -0.2) is 36.3 Å². The maximum atomic E-state index is 13.3. The number of carbonyl (C=O) groups excluding carboxylic acids is 1. The van der Waals surface area contributed by atoms with E-state index in [0.717, 1.165) is 18.2 Å². The summed E-state index contributed by atoms with van der Waals surface area (Å²) in [5, 5.41) is 2.57. The number of anilines is 1. The highest BCUT2D eigenvalue weighted by molar-refractivity contribution is 7.88. The van der Waals surface area contributed by atoms with Crippen molar-refractivity contribution in [2.75, 3.05) is 31.7 Å². The fraction of sp³-hybridized carbons (Fsp3) is 0.738. The maximum Gasteiger partial charge on any atom is 0.324 e. The van der Waals surface area contributed by atoms with E-state index in [1.807, 2.05) is 0 Å². The first-order chi connectivity index (χ1) is 13.6. The minimum atomic E-state index is -3.23. The Balaban J connectivity index is -0.0000000200. The molecular weight excluding hydrogens is 693 g/mol. The summed E-state index contributed by atoms with van der Waals surface area (Å²) in [4.78, 5) is 22.0. The molecule has 1 aromatic carbocycles. The van der Waals surface area contributed by atoms with Gasteiger partial charge >= 0.3 is 6.03 Å². The van der Waals surface area contributed by atoms with Crippen molar-refractivity contribution in [1.82, 2.24) is 19.2 Å². The minimum Gasteiger partial charge on any atom is -0.324 e. The Bertz CT molecular complexity index is 984. The third-order valence-electron chi connectivity index (χ3n) is 4.83. The van der Waals surface area contributed by atoms with Gasteiger partial charge in [0, 0.05) is 50.2 Å². The predicted octanol–water partition coefficient (Wildman–Crippen LogP) is 17.6. The molecular formula is C42H117F2N5O3S. The molecule has 11 heteroatoms. The van der Waals surface area contributed by atoms with E-state index < -0.39 is 27.7 Å². The number of nitrogens with zero attached hydrogens (tertiary/aromatic N) is 4. The average molecular weight is 810 g/mol. The number of nitrogens with one attached hydrogen (secondary N) is 1. The molecule has 0 aliphatic carbocycles. The Labute approximate surface area is 344 Å². The Hall–Kier alpha value is -2.66. The van der Waals surface area contributed by atoms with Gasteiger partial charge in [0.15, 0.2) is 0 Å². The molecule has 1 saturated heterocycles. The van der Waals surface area contributed by atoms with Crippen molar-refractivity contribution >= 4 is 22.0 Å². The molecule has 2 aromatic rings. The van der Waals surface area contributed by atoms with Crippen molar-refractivity contribution in [3.05, 3.63) is 42.2 Å². The van der Waals surface area contributed by atoms with Gasteiger partial charge < -0.3 is 4.90 Å². The molecule has 2 amide bonds. The summed E-state index contributed by atoms with van der Waals surface area (Å²) in [6.45, 7) is 0.715. The number of urea groups is 1. The molecule has 1 aliphatic rings. The van der Waals surface area contributed by atoms with E-state index in [1.165, 1.54) is 27.9 Å². The number of aromatic nitrogens is 2. The molecule has 0 bridgehead atoms. The van der Waals surface area contributed by atoms with Crippen molar-refractivity contribution in [3.63, 3.8) is 0 Å². The van der Waals surface area contributed by atoms with E-state index in [9.17, 15) is 22.0 Å². The van der Waals surface area contributed by atoms with Crippen LogP contribution in [0.3, 0.4) is 0 Å². The lowest BCUT2D eigenvalue weighted by molar-refractivity contribution is 0.174. The highest BCUT2D eigenvalue weighted by atomic mass is 32.2. The number of halogens is 2. The fourth-order valence-electron chi connectivity index (χ4n) is 3.17. The van der Waals surface area contributed by atoms with E-state index in [4.69, 9.17) is 0 Å². The number of benzene rings is 1. The van der Waals surface area contributed by atoms with Crippen LogP contribution in [-0.4, -0.2) is 66.1 Å². The topological polar surface area (TPSA) is 95.5 Å². The van der Waals surface area contributed by atoms with Crippen molar-refractivity contribution in [2.24, 2.45) is 0 Å². The van der Waals surface area contributed by atoms with Gasteiger partial charge in [0.1, 0.15) is 11.6 Å². The Morgan fingerprint density at radius 3 is 1.21 bits per heavy atom. The second-order valence-electron chi connectivity index (χ2n) is 6.89. The zero-order chi connectivity index (χ0) is 21.2. The average Bonchev–Trinajstić information content (AvgIpc) is 2.66. The summed E-state index contributed by atoms with van der Waals surface area (Å²) in [5.41, 5.74) is 0.693. The molecule has 0 radical (unpaired) electrons. The number of rotatable bonds is 4. The van der Waals surface area contributed by atoms with Crippen LogP contribution in [-0.2, 0) is 10.0 Å². The second-order valence-corrected chi connectivity index (χ2v) is 8.87. The number of hydrogen-bond donors (Lipinski definition) is 1. The molecule has 3 rings (SSSR count). The van der Waals surface area contributed by atoms with Gasteiger partial charge in [0.2, 0.25) is 16.0 Å². The van der Waals surface area contributed by atoms with Crippen molar-refractivity contribution in [3.8, 4) is 11.1 Å². The third-order valence-corrected chi connectivity index (χ3v) is 6.13. The highest BCUT2D eigenvalue weighted by Gasteiger charge is 2.29. The number of amides is 2. The van der Waals surface area contributed by atoms with Crippen LogP contribution in [0, 0.1) is 11.6 Å². The van der Waals surface area contributed by atoms with Crippen LogP contribution in [0.2, 0.25) is 0 Å². The SMILES string of the molecule is C.C.C.C.C.C.C.C.C.C.C.C.C.C.C.C.C.C.C.C.C.C.C.C.CN(C(=O)Nc1ncc(-c2cc(F)cc(F)c2)cn1)C1CCN(S(C)(=O)=O)CC1. The lowest BCUT2D eigenvalue weighted by Crippen LogP contribution is -2.48. The quantitative estimate of drug-likeness (QED) is 0.332. The summed E-state index contributed by atoms with van der Waals surface area (Å²) in [6, 6.07) is 2.57. The summed E-state index contributed by atoms with van der Waals surface area (Å²) in [7, 11) is -1.60. The molecule has 348 valence electrons.